The number of nitrogens with two attached hydrogens (primary N) is 1. The fraction of sp³-hybridized carbons (Fsp3) is 0.435. The molecule has 1 saturated heterocycles. The summed E-state index contributed by atoms with van der Waals surface area (Å²) in [4.78, 5) is 13.9. The lowest BCUT2D eigenvalue weighted by atomic mass is 10.0. The number of halogens is 3. The number of carbonyl (C=O) groups excluding carboxylic acids is 1. The first-order chi connectivity index (χ1) is 17.3. The van der Waals surface area contributed by atoms with E-state index in [0.29, 0.717) is 37.6 Å². The van der Waals surface area contributed by atoms with Gasteiger partial charge in [-0.15, -0.1) is 4.47 Å². The first kappa shape index (κ1) is 29.2. The van der Waals surface area contributed by atoms with Gasteiger partial charge in [0.05, 0.1) is 18.1 Å². The normalized spacial score (nSPS) is 15.9. The molecule has 1 heterocycles. The molecule has 3 rings (SSSR count). The Morgan fingerprint density at radius 1 is 1.19 bits per heavy atom. The zero-order valence-electron chi connectivity index (χ0n) is 20.2. The van der Waals surface area contributed by atoms with Crippen LogP contribution in [0.3, 0.4) is 0 Å². The number of hydrogen-bond donors (Lipinski definition) is 2. The number of morpholine rings is 1. The molecule has 2 aromatic carbocycles. The van der Waals surface area contributed by atoms with E-state index in [0.717, 1.165) is 37.4 Å². The monoisotopic (exact) mass is 563 g/mol. The number of amides is 1. The lowest BCUT2D eigenvalue weighted by Crippen LogP contribution is -2.54. The molecule has 0 bridgehead atoms. The zero-order chi connectivity index (χ0) is 27.4. The van der Waals surface area contributed by atoms with Crippen molar-refractivity contribution in [3.8, 4) is 11.5 Å². The summed E-state index contributed by atoms with van der Waals surface area (Å²) in [6.45, 7) is 6.76. The average molecular weight is 564 g/mol. The maximum absolute atomic E-state index is 14.6. The van der Waals surface area contributed by atoms with Gasteiger partial charge >= 0.3 is 0 Å². The van der Waals surface area contributed by atoms with Crippen LogP contribution in [0.1, 0.15) is 13.8 Å². The minimum Gasteiger partial charge on any atom is -0.451 e. The van der Waals surface area contributed by atoms with E-state index in [2.05, 4.69) is 4.90 Å². The van der Waals surface area contributed by atoms with Crippen LogP contribution in [-0.4, -0.2) is 78.3 Å². The topological polar surface area (TPSA) is 122 Å². The Morgan fingerprint density at radius 2 is 1.76 bits per heavy atom. The average Bonchev–Trinajstić information content (AvgIpc) is 2.86. The number of hydroxylamine groups is 1. The van der Waals surface area contributed by atoms with Crippen molar-refractivity contribution in [2.45, 2.75) is 29.5 Å². The van der Waals surface area contributed by atoms with Crippen molar-refractivity contribution >= 4 is 27.7 Å². The van der Waals surface area contributed by atoms with Gasteiger partial charge < -0.3 is 15.2 Å². The Balaban J connectivity index is 1.70. The molecular formula is C23H28F3N3O6S2. The summed E-state index contributed by atoms with van der Waals surface area (Å²) >= 11 is 1.32. The minimum atomic E-state index is -5.08. The summed E-state index contributed by atoms with van der Waals surface area (Å²) in [7, 11) is -5.08. The van der Waals surface area contributed by atoms with Crippen LogP contribution in [0.25, 0.3) is 0 Å². The molecule has 0 radical (unpaired) electrons. The molecule has 0 unspecified atom stereocenters. The van der Waals surface area contributed by atoms with Gasteiger partial charge in [-0.05, 0) is 50.2 Å². The van der Waals surface area contributed by atoms with Crippen molar-refractivity contribution in [2.75, 3.05) is 38.6 Å². The van der Waals surface area contributed by atoms with E-state index in [1.165, 1.54) is 11.8 Å². The number of nitrogens with zero attached hydrogens (tertiary/aromatic N) is 2. The molecule has 9 nitrogen and oxygen atoms in total. The predicted molar refractivity (Wildman–Crippen MR) is 130 cm³/mol. The molecule has 1 aliphatic rings. The number of benzene rings is 2. The molecule has 1 atom stereocenters. The lowest BCUT2D eigenvalue weighted by Gasteiger charge is -2.33. The number of ether oxygens (including phenoxy) is 2. The van der Waals surface area contributed by atoms with E-state index >= 15 is 0 Å². The summed E-state index contributed by atoms with van der Waals surface area (Å²) in [5.74, 6) is -5.28. The third-order valence-corrected chi connectivity index (χ3v) is 8.57. The Labute approximate surface area is 217 Å². The van der Waals surface area contributed by atoms with Crippen molar-refractivity contribution in [1.82, 2.24) is 9.37 Å². The van der Waals surface area contributed by atoms with E-state index < -0.39 is 59.3 Å². The third-order valence-electron chi connectivity index (χ3n) is 5.72. The van der Waals surface area contributed by atoms with Crippen LogP contribution in [0.15, 0.2) is 41.3 Å². The molecule has 1 fully saturated rings. The Hall–Kier alpha value is -2.36. The van der Waals surface area contributed by atoms with Gasteiger partial charge in [-0.3, -0.25) is 14.9 Å². The van der Waals surface area contributed by atoms with E-state index in [9.17, 15) is 31.6 Å². The number of sulfonamides is 1. The summed E-state index contributed by atoms with van der Waals surface area (Å²) in [5, 5.41) is 10.2. The highest BCUT2D eigenvalue weighted by Crippen LogP contribution is 2.32. The first-order valence-corrected chi connectivity index (χ1v) is 13.7. The van der Waals surface area contributed by atoms with Crippen molar-refractivity contribution in [1.29, 1.82) is 0 Å². The highest BCUT2D eigenvalue weighted by Gasteiger charge is 2.40. The Morgan fingerprint density at radius 3 is 2.32 bits per heavy atom. The fourth-order valence-corrected chi connectivity index (χ4v) is 5.60. The van der Waals surface area contributed by atoms with Crippen molar-refractivity contribution in [2.24, 2.45) is 5.73 Å². The number of rotatable bonds is 10. The highest BCUT2D eigenvalue weighted by atomic mass is 32.2. The van der Waals surface area contributed by atoms with Gasteiger partial charge in [-0.1, -0.05) is 0 Å². The van der Waals surface area contributed by atoms with Gasteiger partial charge in [0.15, 0.2) is 17.4 Å². The van der Waals surface area contributed by atoms with Crippen LogP contribution in [-0.2, 0) is 19.6 Å². The fourth-order valence-electron chi connectivity index (χ4n) is 3.39. The van der Waals surface area contributed by atoms with Gasteiger partial charge in [0.2, 0.25) is 0 Å². The van der Waals surface area contributed by atoms with Gasteiger partial charge in [0, 0.05) is 30.1 Å². The molecule has 37 heavy (non-hydrogen) atoms. The molecule has 204 valence electrons. The van der Waals surface area contributed by atoms with Crippen LogP contribution in [0.2, 0.25) is 0 Å². The standard InChI is InChI=1S/C23H28F3N3O6S2/c1-23(2,36-12-9-28-7-10-34-11-8-28)21(27)22(30)29(31)37(32,33)17-13-18(25)20(19(26)14-17)35-16-5-3-15(24)4-6-16/h3-6,13-14,21,31H,7-12,27H2,1-2H3/t21-/m0/s1. The van der Waals surface area contributed by atoms with Crippen LogP contribution in [0.5, 0.6) is 11.5 Å². The minimum absolute atomic E-state index is 0.104. The van der Waals surface area contributed by atoms with Crippen molar-refractivity contribution < 1.29 is 41.1 Å². The Bertz CT molecular complexity index is 1190. The molecule has 3 N–H and O–H groups in total. The molecule has 0 aliphatic carbocycles. The van der Waals surface area contributed by atoms with E-state index in [1.54, 1.807) is 13.8 Å². The molecule has 14 heteroatoms. The molecule has 1 amide bonds. The summed E-state index contributed by atoms with van der Waals surface area (Å²) in [6, 6.07) is 3.57. The van der Waals surface area contributed by atoms with Crippen molar-refractivity contribution in [3.63, 3.8) is 0 Å². The second-order valence-corrected chi connectivity index (χ2v) is 12.3. The van der Waals surface area contributed by atoms with Gasteiger partial charge in [-0.2, -0.15) is 20.2 Å². The maximum Gasteiger partial charge on any atom is 0.289 e. The highest BCUT2D eigenvalue weighted by molar-refractivity contribution is 8.00. The first-order valence-electron chi connectivity index (χ1n) is 11.2. The smallest absolute Gasteiger partial charge is 0.289 e. The van der Waals surface area contributed by atoms with Gasteiger partial charge in [0.1, 0.15) is 17.6 Å². The number of carbonyl (C=O) groups is 1. The summed E-state index contributed by atoms with van der Waals surface area (Å²) < 4.78 is 76.5. The molecule has 2 aromatic rings. The number of thioether (sulfide) groups is 1. The van der Waals surface area contributed by atoms with Crippen LogP contribution in [0.4, 0.5) is 13.2 Å². The Kier molecular flexibility index (Phi) is 9.47. The largest absolute Gasteiger partial charge is 0.451 e. The van der Waals surface area contributed by atoms with Crippen LogP contribution >= 0.6 is 11.8 Å². The van der Waals surface area contributed by atoms with E-state index in [-0.39, 0.29) is 5.75 Å². The molecular weight excluding hydrogens is 535 g/mol. The second-order valence-electron chi connectivity index (χ2n) is 8.74. The second kappa shape index (κ2) is 12.0. The van der Waals surface area contributed by atoms with Crippen LogP contribution < -0.4 is 10.5 Å². The SMILES string of the molecule is CC(C)(SCCN1CCOCC1)[C@@H](N)C(=O)N(O)S(=O)(=O)c1cc(F)c(Oc2ccc(F)cc2)c(F)c1. The quantitative estimate of drug-likeness (QED) is 0.332. The molecule has 1 aliphatic heterocycles. The van der Waals surface area contributed by atoms with Crippen molar-refractivity contribution in [3.05, 3.63) is 53.8 Å². The lowest BCUT2D eigenvalue weighted by molar-refractivity contribution is -0.148. The predicted octanol–water partition coefficient (Wildman–Crippen LogP) is 2.97. The molecule has 0 spiro atoms. The zero-order valence-corrected chi connectivity index (χ0v) is 21.8. The summed E-state index contributed by atoms with van der Waals surface area (Å²) in [6.07, 6.45) is 0. The van der Waals surface area contributed by atoms with Crippen LogP contribution in [0, 0.1) is 17.5 Å². The van der Waals surface area contributed by atoms with Gasteiger partial charge in [-0.25, -0.2) is 13.2 Å². The van der Waals surface area contributed by atoms with E-state index in [1.807, 2.05) is 0 Å². The van der Waals surface area contributed by atoms with E-state index in [4.69, 9.17) is 15.2 Å². The third kappa shape index (κ3) is 7.15. The summed E-state index contributed by atoms with van der Waals surface area (Å²) in [5.41, 5.74) is 6.01. The maximum atomic E-state index is 14.6. The molecule has 0 saturated carbocycles. The molecule has 0 aromatic heterocycles. The number of hydrogen-bond acceptors (Lipinski definition) is 9. The van der Waals surface area contributed by atoms with Gasteiger partial charge in [0.25, 0.3) is 15.9 Å².